The van der Waals surface area contributed by atoms with E-state index in [1.807, 2.05) is 6.07 Å². The standard InChI is InChI=1S/C10H7ClN4/c11-9-4-7(13)6-14-10(9)15-3-1-2-8(15)5-12/h1-4,6H,13H2. The molecule has 5 heteroatoms. The number of nitriles is 1. The first-order chi connectivity index (χ1) is 7.22. The van der Waals surface area contributed by atoms with Crippen molar-refractivity contribution in [1.82, 2.24) is 9.55 Å². The van der Waals surface area contributed by atoms with Crippen LogP contribution in [0, 0.1) is 11.3 Å². The van der Waals surface area contributed by atoms with Crippen LogP contribution in [-0.4, -0.2) is 9.55 Å². The number of nitrogens with zero attached hydrogens (tertiary/aromatic N) is 3. The van der Waals surface area contributed by atoms with Gasteiger partial charge in [-0.1, -0.05) is 11.6 Å². The summed E-state index contributed by atoms with van der Waals surface area (Å²) in [6, 6.07) is 7.10. The molecule has 4 nitrogen and oxygen atoms in total. The lowest BCUT2D eigenvalue weighted by molar-refractivity contribution is 0.990. The third-order valence-corrected chi connectivity index (χ3v) is 2.21. The number of hydrogen-bond donors (Lipinski definition) is 1. The van der Waals surface area contributed by atoms with Crippen LogP contribution in [0.2, 0.25) is 5.02 Å². The summed E-state index contributed by atoms with van der Waals surface area (Å²) in [4.78, 5) is 4.08. The molecule has 15 heavy (non-hydrogen) atoms. The van der Waals surface area contributed by atoms with Gasteiger partial charge in [-0.05, 0) is 18.2 Å². The number of nitrogen functional groups attached to an aromatic ring is 1. The van der Waals surface area contributed by atoms with Crippen molar-refractivity contribution in [2.24, 2.45) is 0 Å². The second kappa shape index (κ2) is 3.64. The zero-order valence-corrected chi connectivity index (χ0v) is 8.44. The van der Waals surface area contributed by atoms with Gasteiger partial charge in [0.1, 0.15) is 11.8 Å². The molecule has 2 rings (SSSR count). The molecule has 0 aromatic carbocycles. The van der Waals surface area contributed by atoms with Crippen molar-refractivity contribution in [1.29, 1.82) is 5.26 Å². The second-order valence-corrected chi connectivity index (χ2v) is 3.36. The van der Waals surface area contributed by atoms with E-state index < -0.39 is 0 Å². The van der Waals surface area contributed by atoms with Gasteiger partial charge in [-0.25, -0.2) is 4.98 Å². The van der Waals surface area contributed by atoms with E-state index in [2.05, 4.69) is 4.98 Å². The predicted octanol–water partition coefficient (Wildman–Crippen LogP) is 1.98. The van der Waals surface area contributed by atoms with E-state index in [1.165, 1.54) is 6.20 Å². The Morgan fingerprint density at radius 2 is 2.33 bits per heavy atom. The number of rotatable bonds is 1. The van der Waals surface area contributed by atoms with Crippen molar-refractivity contribution in [3.63, 3.8) is 0 Å². The topological polar surface area (TPSA) is 67.6 Å². The molecule has 0 saturated heterocycles. The largest absolute Gasteiger partial charge is 0.397 e. The number of nitrogens with two attached hydrogens (primary N) is 1. The summed E-state index contributed by atoms with van der Waals surface area (Å²) in [6.45, 7) is 0. The van der Waals surface area contributed by atoms with E-state index in [0.717, 1.165) is 0 Å². The fourth-order valence-electron chi connectivity index (χ4n) is 1.28. The smallest absolute Gasteiger partial charge is 0.156 e. The lowest BCUT2D eigenvalue weighted by Crippen LogP contribution is -2.00. The molecule has 2 heterocycles. The average Bonchev–Trinajstić information content (AvgIpc) is 2.65. The summed E-state index contributed by atoms with van der Waals surface area (Å²) in [5, 5.41) is 9.27. The number of aromatic nitrogens is 2. The van der Waals surface area contributed by atoms with Crippen molar-refractivity contribution in [3.8, 4) is 11.9 Å². The average molecular weight is 219 g/mol. The Morgan fingerprint density at radius 1 is 1.53 bits per heavy atom. The van der Waals surface area contributed by atoms with E-state index in [0.29, 0.717) is 22.2 Å². The molecule has 0 radical (unpaired) electrons. The number of halogens is 1. The van der Waals surface area contributed by atoms with Gasteiger partial charge in [0.2, 0.25) is 0 Å². The van der Waals surface area contributed by atoms with Gasteiger partial charge < -0.3 is 5.73 Å². The van der Waals surface area contributed by atoms with Crippen molar-refractivity contribution in [2.75, 3.05) is 5.73 Å². The Labute approximate surface area is 91.5 Å². The zero-order chi connectivity index (χ0) is 10.8. The van der Waals surface area contributed by atoms with Gasteiger partial charge >= 0.3 is 0 Å². The van der Waals surface area contributed by atoms with Crippen LogP contribution in [0.4, 0.5) is 5.69 Å². The van der Waals surface area contributed by atoms with Gasteiger partial charge in [-0.15, -0.1) is 0 Å². The highest BCUT2D eigenvalue weighted by atomic mass is 35.5. The molecule has 0 aliphatic heterocycles. The molecule has 0 aliphatic rings. The van der Waals surface area contributed by atoms with Gasteiger partial charge in [0.05, 0.1) is 16.9 Å². The van der Waals surface area contributed by atoms with E-state index in [-0.39, 0.29) is 0 Å². The Morgan fingerprint density at radius 3 is 3.00 bits per heavy atom. The lowest BCUT2D eigenvalue weighted by atomic mass is 10.4. The van der Waals surface area contributed by atoms with Crippen LogP contribution < -0.4 is 5.73 Å². The molecule has 0 aliphatic carbocycles. The first-order valence-corrected chi connectivity index (χ1v) is 4.59. The molecular formula is C10H7ClN4. The summed E-state index contributed by atoms with van der Waals surface area (Å²) in [5.74, 6) is 0.507. The van der Waals surface area contributed by atoms with Gasteiger partial charge in [0.25, 0.3) is 0 Å². The monoisotopic (exact) mass is 218 g/mol. The Balaban J connectivity index is 2.60. The lowest BCUT2D eigenvalue weighted by Gasteiger charge is -2.06. The highest BCUT2D eigenvalue weighted by molar-refractivity contribution is 6.32. The Hall–Kier alpha value is -1.99. The van der Waals surface area contributed by atoms with E-state index >= 15 is 0 Å². The van der Waals surface area contributed by atoms with Crippen LogP contribution in [0.25, 0.3) is 5.82 Å². The molecule has 0 atom stereocenters. The fraction of sp³-hybridized carbons (Fsp3) is 0. The minimum absolute atomic E-state index is 0.419. The van der Waals surface area contributed by atoms with Gasteiger partial charge in [0.15, 0.2) is 5.82 Å². The molecule has 0 spiro atoms. The maximum Gasteiger partial charge on any atom is 0.156 e. The third kappa shape index (κ3) is 1.65. The molecule has 2 N–H and O–H groups in total. The number of pyridine rings is 1. The summed E-state index contributed by atoms with van der Waals surface area (Å²) in [7, 11) is 0. The molecule has 0 fully saturated rings. The first kappa shape index (κ1) is 9.56. The molecule has 2 aromatic heterocycles. The minimum atomic E-state index is 0.419. The fourth-order valence-corrected chi connectivity index (χ4v) is 1.55. The van der Waals surface area contributed by atoms with E-state index in [9.17, 15) is 0 Å². The Kier molecular flexibility index (Phi) is 2.32. The van der Waals surface area contributed by atoms with Crippen molar-refractivity contribution in [2.45, 2.75) is 0 Å². The molecular weight excluding hydrogens is 212 g/mol. The van der Waals surface area contributed by atoms with Crippen LogP contribution >= 0.6 is 11.6 Å². The SMILES string of the molecule is N#Cc1cccn1-c1ncc(N)cc1Cl. The highest BCUT2D eigenvalue weighted by Gasteiger charge is 2.07. The second-order valence-electron chi connectivity index (χ2n) is 2.95. The molecule has 0 unspecified atom stereocenters. The van der Waals surface area contributed by atoms with Crippen LogP contribution in [0.15, 0.2) is 30.6 Å². The van der Waals surface area contributed by atoms with Gasteiger partial charge in [-0.2, -0.15) is 5.26 Å². The first-order valence-electron chi connectivity index (χ1n) is 4.21. The van der Waals surface area contributed by atoms with Gasteiger partial charge in [-0.3, -0.25) is 4.57 Å². The van der Waals surface area contributed by atoms with Crippen molar-refractivity contribution < 1.29 is 0 Å². The zero-order valence-electron chi connectivity index (χ0n) is 7.68. The molecule has 0 saturated carbocycles. The predicted molar refractivity (Wildman–Crippen MR) is 57.7 cm³/mol. The van der Waals surface area contributed by atoms with Gasteiger partial charge in [0, 0.05) is 6.20 Å². The maximum absolute atomic E-state index is 8.85. The Bertz CT molecular complexity index is 539. The molecule has 74 valence electrons. The highest BCUT2D eigenvalue weighted by Crippen LogP contribution is 2.21. The van der Waals surface area contributed by atoms with Crippen molar-refractivity contribution in [3.05, 3.63) is 41.3 Å². The summed E-state index contributed by atoms with van der Waals surface area (Å²) in [5.41, 5.74) is 6.51. The maximum atomic E-state index is 8.85. The van der Waals surface area contributed by atoms with Crippen molar-refractivity contribution >= 4 is 17.3 Å². The quantitative estimate of drug-likeness (QED) is 0.796. The van der Waals surface area contributed by atoms with E-state index in [4.69, 9.17) is 22.6 Å². The number of anilines is 1. The minimum Gasteiger partial charge on any atom is -0.397 e. The third-order valence-electron chi connectivity index (χ3n) is 1.93. The summed E-state index contributed by atoms with van der Waals surface area (Å²) < 4.78 is 1.61. The normalized spacial score (nSPS) is 9.87. The summed E-state index contributed by atoms with van der Waals surface area (Å²) in [6.07, 6.45) is 3.23. The van der Waals surface area contributed by atoms with Crippen LogP contribution in [0.5, 0.6) is 0 Å². The van der Waals surface area contributed by atoms with Crippen LogP contribution in [-0.2, 0) is 0 Å². The van der Waals surface area contributed by atoms with Crippen LogP contribution in [0.1, 0.15) is 5.69 Å². The molecule has 2 aromatic rings. The van der Waals surface area contributed by atoms with E-state index in [1.54, 1.807) is 29.0 Å². The van der Waals surface area contributed by atoms with Crippen LogP contribution in [0.3, 0.4) is 0 Å². The summed E-state index contributed by atoms with van der Waals surface area (Å²) >= 11 is 5.98. The molecule has 0 amide bonds. The molecule has 0 bridgehead atoms. The number of hydrogen-bond acceptors (Lipinski definition) is 3.